The van der Waals surface area contributed by atoms with Crippen LogP contribution in [0.3, 0.4) is 0 Å². The molecule has 0 amide bonds. The highest BCUT2D eigenvalue weighted by molar-refractivity contribution is 6.30. The zero-order chi connectivity index (χ0) is 20.8. The first-order valence-electron chi connectivity index (χ1n) is 11.5. The fourth-order valence-electron chi connectivity index (χ4n) is 4.83. The fourth-order valence-corrected chi connectivity index (χ4v) is 4.96. The van der Waals surface area contributed by atoms with Gasteiger partial charge in [0.05, 0.1) is 0 Å². The number of nitrogens with one attached hydrogen (secondary N) is 1. The molecule has 4 nitrogen and oxygen atoms in total. The molecule has 5 heteroatoms. The van der Waals surface area contributed by atoms with Gasteiger partial charge in [0.15, 0.2) is 0 Å². The number of likely N-dealkylation sites (tertiary alicyclic amines) is 1. The van der Waals surface area contributed by atoms with Crippen molar-refractivity contribution in [2.24, 2.45) is 0 Å². The summed E-state index contributed by atoms with van der Waals surface area (Å²) in [5.41, 5.74) is 3.55. The van der Waals surface area contributed by atoms with E-state index < -0.39 is 6.23 Å². The summed E-state index contributed by atoms with van der Waals surface area (Å²) >= 11 is 6.06. The molecule has 162 valence electrons. The van der Waals surface area contributed by atoms with Gasteiger partial charge in [0.1, 0.15) is 6.23 Å². The molecule has 2 atom stereocenters. The van der Waals surface area contributed by atoms with E-state index >= 15 is 0 Å². The average Bonchev–Trinajstić information content (AvgIpc) is 3.05. The summed E-state index contributed by atoms with van der Waals surface area (Å²) in [6.45, 7) is 3.92. The van der Waals surface area contributed by atoms with Crippen molar-refractivity contribution < 1.29 is 5.11 Å². The number of benzene rings is 2. The van der Waals surface area contributed by atoms with Crippen molar-refractivity contribution in [3.8, 4) is 0 Å². The number of hydrogen-bond donors (Lipinski definition) is 2. The minimum atomic E-state index is -0.595. The molecule has 0 aromatic heterocycles. The molecule has 0 aliphatic carbocycles. The van der Waals surface area contributed by atoms with E-state index in [2.05, 4.69) is 51.5 Å². The zero-order valence-corrected chi connectivity index (χ0v) is 18.5. The van der Waals surface area contributed by atoms with Gasteiger partial charge in [-0.1, -0.05) is 43.0 Å². The van der Waals surface area contributed by atoms with Crippen LogP contribution in [0.25, 0.3) is 0 Å². The summed E-state index contributed by atoms with van der Waals surface area (Å²) in [6, 6.07) is 17.0. The molecule has 2 fully saturated rings. The normalized spacial score (nSPS) is 21.8. The van der Waals surface area contributed by atoms with Crippen LogP contribution in [0.1, 0.15) is 56.6 Å². The smallest absolute Gasteiger partial charge is 0.137 e. The van der Waals surface area contributed by atoms with Crippen molar-refractivity contribution in [2.45, 2.75) is 57.2 Å². The highest BCUT2D eigenvalue weighted by Gasteiger charge is 2.25. The molecule has 0 bridgehead atoms. The number of aliphatic hydroxyl groups is 1. The van der Waals surface area contributed by atoms with Crippen molar-refractivity contribution in [3.63, 3.8) is 0 Å². The molecule has 2 aliphatic rings. The van der Waals surface area contributed by atoms with E-state index in [9.17, 15) is 5.11 Å². The molecular weight excluding hydrogens is 394 g/mol. The Kier molecular flexibility index (Phi) is 7.53. The van der Waals surface area contributed by atoms with Crippen molar-refractivity contribution in [1.29, 1.82) is 0 Å². The number of nitrogens with zero attached hydrogens (tertiary/aromatic N) is 2. The van der Waals surface area contributed by atoms with Crippen LogP contribution in [0.15, 0.2) is 48.5 Å². The first kappa shape index (κ1) is 21.5. The molecule has 2 aromatic carbocycles. The van der Waals surface area contributed by atoms with Crippen LogP contribution in [0.4, 0.5) is 11.4 Å². The van der Waals surface area contributed by atoms with Gasteiger partial charge in [0, 0.05) is 42.1 Å². The molecule has 2 aliphatic heterocycles. The lowest BCUT2D eigenvalue weighted by Crippen LogP contribution is -2.41. The Balaban J connectivity index is 1.34. The van der Waals surface area contributed by atoms with Crippen LogP contribution >= 0.6 is 11.6 Å². The molecule has 2 N–H and O–H groups in total. The summed E-state index contributed by atoms with van der Waals surface area (Å²) in [6.07, 6.45) is 8.19. The minimum Gasteiger partial charge on any atom is -0.372 e. The first-order valence-corrected chi connectivity index (χ1v) is 11.9. The third kappa shape index (κ3) is 5.69. The minimum absolute atomic E-state index is 0.345. The van der Waals surface area contributed by atoms with Gasteiger partial charge in [0.2, 0.25) is 0 Å². The van der Waals surface area contributed by atoms with Crippen molar-refractivity contribution in [2.75, 3.05) is 36.4 Å². The van der Waals surface area contributed by atoms with Gasteiger partial charge >= 0.3 is 0 Å². The number of aliphatic hydroxyl groups excluding tert-OH is 1. The van der Waals surface area contributed by atoms with Gasteiger partial charge in [-0.05, 0) is 74.2 Å². The lowest BCUT2D eigenvalue weighted by Gasteiger charge is -2.37. The SMILES string of the molecule is OC(CN1CCCCC1c1ccc(Cl)cc1)Nc1ccc(N2CCCCCC2)cc1. The molecule has 2 heterocycles. The zero-order valence-electron chi connectivity index (χ0n) is 17.8. The van der Waals surface area contributed by atoms with E-state index in [1.54, 1.807) is 0 Å². The highest BCUT2D eigenvalue weighted by Crippen LogP contribution is 2.31. The summed E-state index contributed by atoms with van der Waals surface area (Å²) in [7, 11) is 0. The number of anilines is 2. The molecule has 0 saturated carbocycles. The molecule has 0 radical (unpaired) electrons. The number of hydrogen-bond acceptors (Lipinski definition) is 4. The van der Waals surface area contributed by atoms with Gasteiger partial charge < -0.3 is 15.3 Å². The highest BCUT2D eigenvalue weighted by atomic mass is 35.5. The predicted octanol–water partition coefficient (Wildman–Crippen LogP) is 5.68. The van der Waals surface area contributed by atoms with Crippen LogP contribution in [-0.2, 0) is 0 Å². The molecular formula is C25H34ClN3O. The Bertz CT molecular complexity index is 772. The van der Waals surface area contributed by atoms with Gasteiger partial charge in [-0.3, -0.25) is 4.90 Å². The molecule has 2 saturated heterocycles. The predicted molar refractivity (Wildman–Crippen MR) is 126 cm³/mol. The van der Waals surface area contributed by atoms with Crippen molar-refractivity contribution in [3.05, 3.63) is 59.1 Å². The number of β-amino-alcohol motifs (C(OH)–C–C–N with tert-alkyl or cyclic N) is 1. The molecule has 0 spiro atoms. The van der Waals surface area contributed by atoms with Gasteiger partial charge in [0.25, 0.3) is 0 Å². The fraction of sp³-hybridized carbons (Fsp3) is 0.520. The quantitative estimate of drug-likeness (QED) is 0.582. The van der Waals surface area contributed by atoms with Crippen LogP contribution in [0.2, 0.25) is 5.02 Å². The number of rotatable bonds is 6. The second-order valence-corrected chi connectivity index (χ2v) is 9.10. The average molecular weight is 428 g/mol. The van der Waals surface area contributed by atoms with Crippen LogP contribution in [0, 0.1) is 0 Å². The van der Waals surface area contributed by atoms with Crippen LogP contribution < -0.4 is 10.2 Å². The molecule has 2 unspecified atom stereocenters. The maximum atomic E-state index is 10.7. The third-order valence-corrected chi connectivity index (χ3v) is 6.70. The largest absolute Gasteiger partial charge is 0.372 e. The van der Waals surface area contributed by atoms with E-state index in [0.717, 1.165) is 36.8 Å². The summed E-state index contributed by atoms with van der Waals surface area (Å²) in [4.78, 5) is 4.88. The Morgan fingerprint density at radius 3 is 2.23 bits per heavy atom. The Morgan fingerprint density at radius 1 is 0.867 bits per heavy atom. The summed E-state index contributed by atoms with van der Waals surface area (Å²) in [5, 5.41) is 14.8. The van der Waals surface area contributed by atoms with E-state index in [4.69, 9.17) is 11.6 Å². The maximum absolute atomic E-state index is 10.7. The second kappa shape index (κ2) is 10.5. The monoisotopic (exact) mass is 427 g/mol. The Morgan fingerprint density at radius 2 is 1.53 bits per heavy atom. The number of halogens is 1. The van der Waals surface area contributed by atoms with E-state index in [1.807, 2.05) is 12.1 Å². The first-order chi connectivity index (χ1) is 14.7. The Labute approximate surface area is 185 Å². The van der Waals surface area contributed by atoms with E-state index in [1.165, 1.54) is 49.8 Å². The summed E-state index contributed by atoms with van der Waals surface area (Å²) < 4.78 is 0. The number of piperidine rings is 1. The van der Waals surface area contributed by atoms with Crippen molar-refractivity contribution >= 4 is 23.0 Å². The third-order valence-electron chi connectivity index (χ3n) is 6.45. The molecule has 2 aromatic rings. The molecule has 30 heavy (non-hydrogen) atoms. The lowest BCUT2D eigenvalue weighted by molar-refractivity contribution is 0.0804. The standard InChI is InChI=1S/C25H34ClN3O/c26-21-10-8-20(9-11-21)24-7-3-6-18-29(24)19-25(30)27-22-12-14-23(15-13-22)28-16-4-1-2-5-17-28/h8-15,24-25,27,30H,1-7,16-19H2. The van der Waals surface area contributed by atoms with Gasteiger partial charge in [-0.15, -0.1) is 0 Å². The molecule has 4 rings (SSSR count). The van der Waals surface area contributed by atoms with Gasteiger partial charge in [-0.2, -0.15) is 0 Å². The van der Waals surface area contributed by atoms with Gasteiger partial charge in [-0.25, -0.2) is 0 Å². The lowest BCUT2D eigenvalue weighted by atomic mass is 9.95. The van der Waals surface area contributed by atoms with E-state index in [-0.39, 0.29) is 0 Å². The van der Waals surface area contributed by atoms with Crippen LogP contribution in [0.5, 0.6) is 0 Å². The summed E-state index contributed by atoms with van der Waals surface area (Å²) in [5.74, 6) is 0. The topological polar surface area (TPSA) is 38.7 Å². The van der Waals surface area contributed by atoms with Crippen molar-refractivity contribution in [1.82, 2.24) is 4.90 Å². The maximum Gasteiger partial charge on any atom is 0.137 e. The van der Waals surface area contributed by atoms with E-state index in [0.29, 0.717) is 12.6 Å². The van der Waals surface area contributed by atoms with Crippen LogP contribution in [-0.4, -0.2) is 42.4 Å². The second-order valence-electron chi connectivity index (χ2n) is 8.67. The Hall–Kier alpha value is -1.75.